The highest BCUT2D eigenvalue weighted by Gasteiger charge is 2.41. The molecule has 0 saturated heterocycles. The van der Waals surface area contributed by atoms with E-state index in [1.165, 1.54) is 11.3 Å². The zero-order chi connectivity index (χ0) is 20.8. The molecule has 1 N–H and O–H groups in total. The van der Waals surface area contributed by atoms with E-state index in [4.69, 9.17) is 20.6 Å². The average Bonchev–Trinajstić information content (AvgIpc) is 3.27. The number of nitrogens with one attached hydrogen (secondary N) is 1. The van der Waals surface area contributed by atoms with Crippen LogP contribution in [0.3, 0.4) is 0 Å². The molecule has 0 radical (unpaired) electrons. The number of hydrogen-bond donors (Lipinski definition) is 1. The first-order valence-electron chi connectivity index (χ1n) is 8.99. The van der Waals surface area contributed by atoms with E-state index >= 15 is 0 Å². The molecule has 0 aliphatic carbocycles. The second-order valence-electron chi connectivity index (χ2n) is 6.19. The molecule has 1 aromatic heterocycles. The van der Waals surface area contributed by atoms with Gasteiger partial charge in [0.2, 0.25) is 5.13 Å². The van der Waals surface area contributed by atoms with E-state index < -0.39 is 13.4 Å². The van der Waals surface area contributed by atoms with Crippen molar-refractivity contribution in [3.63, 3.8) is 0 Å². The van der Waals surface area contributed by atoms with Crippen LogP contribution in [0, 0.1) is 0 Å². The van der Waals surface area contributed by atoms with Gasteiger partial charge in [0.25, 0.3) is 0 Å². The molecule has 9 heteroatoms. The summed E-state index contributed by atoms with van der Waals surface area (Å²) in [5.41, 5.74) is 2.21. The number of para-hydroxylation sites is 2. The maximum atomic E-state index is 14.3. The second kappa shape index (κ2) is 9.30. The second-order valence-corrected chi connectivity index (χ2v) is 9.43. The highest BCUT2D eigenvalue weighted by molar-refractivity contribution is 7.55. The summed E-state index contributed by atoms with van der Waals surface area (Å²) >= 11 is 7.50. The molecule has 3 aromatic carbocycles. The lowest BCUT2D eigenvalue weighted by molar-refractivity contribution is 0.376. The lowest BCUT2D eigenvalue weighted by atomic mass is 10.2. The van der Waals surface area contributed by atoms with Gasteiger partial charge in [-0.2, -0.15) is 0 Å². The number of aromatic nitrogens is 2. The van der Waals surface area contributed by atoms with Crippen molar-refractivity contribution in [2.45, 2.75) is 5.78 Å². The lowest BCUT2D eigenvalue weighted by Crippen LogP contribution is -2.18. The quantitative estimate of drug-likeness (QED) is 0.298. The lowest BCUT2D eigenvalue weighted by Gasteiger charge is -2.28. The SMILES string of the molecule is O=P(Oc1ccccc1)(Oc1ccccc1)C(Nc1nncs1)c1cccc(Cl)c1. The normalized spacial score (nSPS) is 12.2. The summed E-state index contributed by atoms with van der Waals surface area (Å²) in [5, 5.41) is 12.0. The molecule has 0 spiro atoms. The maximum absolute atomic E-state index is 14.3. The van der Waals surface area contributed by atoms with Crippen molar-refractivity contribution in [2.75, 3.05) is 5.32 Å². The minimum atomic E-state index is -3.89. The van der Waals surface area contributed by atoms with Crippen LogP contribution in [0.25, 0.3) is 0 Å². The van der Waals surface area contributed by atoms with Gasteiger partial charge in [-0.25, -0.2) is 4.57 Å². The molecule has 1 atom stereocenters. The third-order valence-corrected chi connectivity index (χ3v) is 6.90. The molecule has 0 saturated carbocycles. The first-order chi connectivity index (χ1) is 14.6. The van der Waals surface area contributed by atoms with Gasteiger partial charge >= 0.3 is 7.60 Å². The zero-order valence-electron chi connectivity index (χ0n) is 15.6. The van der Waals surface area contributed by atoms with Crippen molar-refractivity contribution in [1.29, 1.82) is 0 Å². The summed E-state index contributed by atoms with van der Waals surface area (Å²) < 4.78 is 26.3. The van der Waals surface area contributed by atoms with Gasteiger partial charge in [0.1, 0.15) is 17.0 Å². The Hall–Kier alpha value is -2.86. The fourth-order valence-corrected chi connectivity index (χ4v) is 5.40. The summed E-state index contributed by atoms with van der Waals surface area (Å²) in [6, 6.07) is 24.8. The van der Waals surface area contributed by atoms with Gasteiger partial charge in [-0.15, -0.1) is 10.2 Å². The highest BCUT2D eigenvalue weighted by atomic mass is 35.5. The summed E-state index contributed by atoms with van der Waals surface area (Å²) in [5.74, 6) is -0.0460. The standard InChI is InChI=1S/C21H17ClN3O3PS/c22-17-9-7-8-16(14-17)20(24-21-25-23-15-30-21)29(26,27-18-10-3-1-4-11-18)28-19-12-5-2-6-13-19/h1-15,20H,(H,24,25). The molecule has 4 rings (SSSR count). The monoisotopic (exact) mass is 457 g/mol. The fourth-order valence-electron chi connectivity index (χ4n) is 2.76. The first-order valence-corrected chi connectivity index (χ1v) is 11.9. The van der Waals surface area contributed by atoms with E-state index in [9.17, 15) is 4.57 Å². The van der Waals surface area contributed by atoms with Gasteiger partial charge < -0.3 is 14.4 Å². The zero-order valence-corrected chi connectivity index (χ0v) is 18.1. The Morgan fingerprint density at radius 2 is 1.53 bits per heavy atom. The van der Waals surface area contributed by atoms with Crippen LogP contribution in [0.5, 0.6) is 11.5 Å². The van der Waals surface area contributed by atoms with Crippen molar-refractivity contribution in [2.24, 2.45) is 0 Å². The molecule has 0 aliphatic heterocycles. The van der Waals surface area contributed by atoms with Crippen LogP contribution in [0.4, 0.5) is 5.13 Å². The van der Waals surface area contributed by atoms with Crippen LogP contribution in [0.2, 0.25) is 5.02 Å². The average molecular weight is 458 g/mol. The van der Waals surface area contributed by atoms with Gasteiger partial charge in [-0.05, 0) is 42.0 Å². The van der Waals surface area contributed by atoms with Gasteiger partial charge in [-0.3, -0.25) is 0 Å². The number of benzene rings is 3. The van der Waals surface area contributed by atoms with Gasteiger partial charge in [0.15, 0.2) is 5.78 Å². The number of hydrogen-bond acceptors (Lipinski definition) is 7. The Labute approximate surface area is 183 Å². The fraction of sp³-hybridized carbons (Fsp3) is 0.0476. The van der Waals surface area contributed by atoms with E-state index in [0.717, 1.165) is 0 Å². The summed E-state index contributed by atoms with van der Waals surface area (Å²) in [6.45, 7) is 0. The molecule has 152 valence electrons. The van der Waals surface area contributed by atoms with Crippen molar-refractivity contribution < 1.29 is 13.6 Å². The van der Waals surface area contributed by atoms with Gasteiger partial charge in [-0.1, -0.05) is 71.5 Å². The predicted octanol–water partition coefficient (Wildman–Crippen LogP) is 6.65. The minimum Gasteiger partial charge on any atom is -0.414 e. The topological polar surface area (TPSA) is 73.3 Å². The molecule has 0 amide bonds. The number of nitrogens with zero attached hydrogens (tertiary/aromatic N) is 2. The summed E-state index contributed by atoms with van der Waals surface area (Å²) in [4.78, 5) is 0. The Balaban J connectivity index is 1.79. The van der Waals surface area contributed by atoms with Crippen molar-refractivity contribution in [1.82, 2.24) is 10.2 Å². The van der Waals surface area contributed by atoms with Crippen molar-refractivity contribution in [3.8, 4) is 11.5 Å². The first kappa shape index (κ1) is 20.4. The van der Waals surface area contributed by atoms with Crippen molar-refractivity contribution >= 4 is 35.7 Å². The molecule has 1 heterocycles. The van der Waals surface area contributed by atoms with E-state index in [0.29, 0.717) is 27.2 Å². The van der Waals surface area contributed by atoms with E-state index in [1.54, 1.807) is 78.3 Å². The highest BCUT2D eigenvalue weighted by Crippen LogP contribution is 2.60. The summed E-state index contributed by atoms with van der Waals surface area (Å²) in [7, 11) is -3.89. The summed E-state index contributed by atoms with van der Waals surface area (Å²) in [6.07, 6.45) is 0. The van der Waals surface area contributed by atoms with E-state index in [2.05, 4.69) is 15.5 Å². The van der Waals surface area contributed by atoms with E-state index in [-0.39, 0.29) is 0 Å². The number of anilines is 1. The molecule has 6 nitrogen and oxygen atoms in total. The maximum Gasteiger partial charge on any atom is 0.457 e. The molecule has 0 aliphatic rings. The Bertz CT molecular complexity index is 1090. The Morgan fingerprint density at radius 1 is 0.900 bits per heavy atom. The number of halogens is 1. The molecular formula is C21H17ClN3O3PS. The smallest absolute Gasteiger partial charge is 0.414 e. The van der Waals surface area contributed by atoms with Crippen LogP contribution < -0.4 is 14.4 Å². The molecule has 0 fully saturated rings. The molecule has 4 aromatic rings. The van der Waals surface area contributed by atoms with Crippen LogP contribution >= 0.6 is 30.5 Å². The molecular weight excluding hydrogens is 441 g/mol. The Morgan fingerprint density at radius 3 is 2.07 bits per heavy atom. The largest absolute Gasteiger partial charge is 0.457 e. The molecule has 30 heavy (non-hydrogen) atoms. The van der Waals surface area contributed by atoms with Crippen LogP contribution in [0.1, 0.15) is 11.3 Å². The molecule has 0 bridgehead atoms. The van der Waals surface area contributed by atoms with Crippen molar-refractivity contribution in [3.05, 3.63) is 101 Å². The van der Waals surface area contributed by atoms with Gasteiger partial charge in [0.05, 0.1) is 0 Å². The third kappa shape index (κ3) is 5.00. The van der Waals surface area contributed by atoms with Gasteiger partial charge in [0, 0.05) is 5.02 Å². The third-order valence-electron chi connectivity index (χ3n) is 4.05. The Kier molecular flexibility index (Phi) is 6.33. The van der Waals surface area contributed by atoms with Crippen LogP contribution in [0.15, 0.2) is 90.4 Å². The van der Waals surface area contributed by atoms with Crippen LogP contribution in [-0.4, -0.2) is 10.2 Å². The molecule has 1 unspecified atom stereocenters. The number of rotatable bonds is 8. The van der Waals surface area contributed by atoms with Crippen LogP contribution in [-0.2, 0) is 4.57 Å². The predicted molar refractivity (Wildman–Crippen MR) is 119 cm³/mol. The minimum absolute atomic E-state index is 0.419. The van der Waals surface area contributed by atoms with E-state index in [1.807, 2.05) is 12.1 Å².